The van der Waals surface area contributed by atoms with Crippen LogP contribution in [0, 0.1) is 27.7 Å². The van der Waals surface area contributed by atoms with Crippen LogP contribution in [0.1, 0.15) is 47.5 Å². The zero-order valence-corrected chi connectivity index (χ0v) is 19.8. The summed E-state index contributed by atoms with van der Waals surface area (Å²) < 4.78 is 12.5. The summed E-state index contributed by atoms with van der Waals surface area (Å²) in [6.07, 6.45) is 0. The van der Waals surface area contributed by atoms with Crippen molar-refractivity contribution in [1.82, 2.24) is 10.5 Å². The highest BCUT2D eigenvalue weighted by molar-refractivity contribution is 6.00. The Labute approximate surface area is 196 Å². The maximum absolute atomic E-state index is 12.4. The summed E-state index contributed by atoms with van der Waals surface area (Å²) in [7, 11) is 0. The number of hydrogen-bond donors (Lipinski definition) is 0. The van der Waals surface area contributed by atoms with Crippen LogP contribution in [0.4, 0.5) is 0 Å². The molecule has 0 saturated carbocycles. The van der Waals surface area contributed by atoms with Crippen LogP contribution in [0.3, 0.4) is 0 Å². The quantitative estimate of drug-likeness (QED) is 0.254. The molecule has 0 radical (unpaired) electrons. The Hall–Kier alpha value is -4.34. The summed E-state index contributed by atoms with van der Waals surface area (Å²) in [6.45, 7) is 11.2. The van der Waals surface area contributed by atoms with Gasteiger partial charge in [0.15, 0.2) is 11.9 Å². The van der Waals surface area contributed by atoms with E-state index in [1.165, 1.54) is 9.36 Å². The number of hydrogen-bond acceptors (Lipinski definition) is 8. The monoisotopic (exact) mass is 460 g/mol. The summed E-state index contributed by atoms with van der Waals surface area (Å²) in [4.78, 5) is 0. The number of aryl methyl sites for hydroxylation is 4. The molecule has 0 atom stereocenters. The number of aromatic nitrogens is 4. The van der Waals surface area contributed by atoms with E-state index < -0.39 is 11.9 Å². The predicted octanol–water partition coefficient (Wildman–Crippen LogP) is 1.83. The van der Waals surface area contributed by atoms with Crippen LogP contribution >= 0.6 is 0 Å². The summed E-state index contributed by atoms with van der Waals surface area (Å²) in [6, 6.07) is 11.3. The SMILES string of the molecule is C/C(=N\N=C(/C)c1c([O-])on[n+]1-c1ccc(C)c(C)c1)c1c([O-])on[n+]1-c1ccc(C)c(C)c1. The minimum absolute atomic E-state index is 0.134. The molecule has 2 heterocycles. The lowest BCUT2D eigenvalue weighted by molar-refractivity contribution is -0.672. The van der Waals surface area contributed by atoms with E-state index in [1.54, 1.807) is 13.8 Å². The van der Waals surface area contributed by atoms with Gasteiger partial charge in [-0.25, -0.2) is 0 Å². The van der Waals surface area contributed by atoms with E-state index >= 15 is 0 Å². The summed E-state index contributed by atoms with van der Waals surface area (Å²) >= 11 is 0. The minimum Gasteiger partial charge on any atom is -0.539 e. The van der Waals surface area contributed by atoms with Crippen LogP contribution < -0.4 is 19.6 Å². The summed E-state index contributed by atoms with van der Waals surface area (Å²) in [5.41, 5.74) is 6.44. The second kappa shape index (κ2) is 8.89. The minimum atomic E-state index is -0.646. The van der Waals surface area contributed by atoms with Gasteiger partial charge in [-0.3, -0.25) is 0 Å². The molecular formula is C24H24N6O4. The van der Waals surface area contributed by atoms with Gasteiger partial charge in [0, 0.05) is 24.3 Å². The third-order valence-electron chi connectivity index (χ3n) is 5.73. The van der Waals surface area contributed by atoms with Gasteiger partial charge in [0.05, 0.1) is 10.5 Å². The molecule has 0 aliphatic heterocycles. The molecule has 4 aromatic rings. The van der Waals surface area contributed by atoms with Gasteiger partial charge < -0.3 is 19.3 Å². The van der Waals surface area contributed by atoms with Crippen LogP contribution in [0.5, 0.6) is 11.9 Å². The second-order valence-corrected chi connectivity index (χ2v) is 8.15. The lowest BCUT2D eigenvalue weighted by Gasteiger charge is -2.01. The van der Waals surface area contributed by atoms with Gasteiger partial charge in [-0.15, -0.1) is 10.2 Å². The van der Waals surface area contributed by atoms with Gasteiger partial charge in [-0.05, 0) is 73.2 Å². The van der Waals surface area contributed by atoms with E-state index in [0.717, 1.165) is 22.3 Å². The fourth-order valence-electron chi connectivity index (χ4n) is 3.41. The summed E-state index contributed by atoms with van der Waals surface area (Å²) in [5, 5.41) is 40.8. The predicted molar refractivity (Wildman–Crippen MR) is 118 cm³/mol. The first-order valence-electron chi connectivity index (χ1n) is 10.6. The lowest BCUT2D eigenvalue weighted by atomic mass is 10.1. The van der Waals surface area contributed by atoms with Gasteiger partial charge in [-0.2, -0.15) is 0 Å². The van der Waals surface area contributed by atoms with Gasteiger partial charge >= 0.3 is 0 Å². The molecule has 174 valence electrons. The molecule has 2 aromatic heterocycles. The Morgan fingerprint density at radius 3 is 1.41 bits per heavy atom. The average Bonchev–Trinajstić information content (AvgIpc) is 3.38. The van der Waals surface area contributed by atoms with Crippen LogP contribution in [0.25, 0.3) is 11.4 Å². The molecule has 34 heavy (non-hydrogen) atoms. The fourth-order valence-corrected chi connectivity index (χ4v) is 3.41. The Morgan fingerprint density at radius 1 is 0.676 bits per heavy atom. The van der Waals surface area contributed by atoms with Crippen molar-refractivity contribution in [1.29, 1.82) is 0 Å². The fraction of sp³-hybridized carbons (Fsp3) is 0.250. The van der Waals surface area contributed by atoms with Crippen LogP contribution in [0.15, 0.2) is 55.6 Å². The van der Waals surface area contributed by atoms with Crippen molar-refractivity contribution in [3.8, 4) is 23.3 Å². The Morgan fingerprint density at radius 2 is 1.06 bits per heavy atom. The molecule has 0 aliphatic rings. The number of nitrogens with zero attached hydrogens (tertiary/aromatic N) is 6. The first-order chi connectivity index (χ1) is 16.2. The maximum atomic E-state index is 12.4. The molecule has 10 nitrogen and oxygen atoms in total. The highest BCUT2D eigenvalue weighted by Gasteiger charge is 2.26. The number of benzene rings is 2. The molecule has 0 spiro atoms. The largest absolute Gasteiger partial charge is 0.539 e. The Bertz CT molecular complexity index is 1340. The van der Waals surface area contributed by atoms with Crippen LogP contribution in [0.2, 0.25) is 0 Å². The molecule has 0 saturated heterocycles. The van der Waals surface area contributed by atoms with Gasteiger partial charge in [0.25, 0.3) is 11.4 Å². The van der Waals surface area contributed by atoms with E-state index in [4.69, 9.17) is 9.05 Å². The van der Waals surface area contributed by atoms with E-state index in [1.807, 2.05) is 64.1 Å². The number of rotatable bonds is 5. The van der Waals surface area contributed by atoms with Crippen molar-refractivity contribution in [2.75, 3.05) is 0 Å². The third kappa shape index (κ3) is 4.17. The van der Waals surface area contributed by atoms with Crippen molar-refractivity contribution >= 4 is 11.4 Å². The van der Waals surface area contributed by atoms with Crippen molar-refractivity contribution < 1.29 is 28.6 Å². The normalized spacial score (nSPS) is 12.4. The highest BCUT2D eigenvalue weighted by atomic mass is 16.6. The van der Waals surface area contributed by atoms with Gasteiger partial charge in [-0.1, -0.05) is 12.1 Å². The van der Waals surface area contributed by atoms with Crippen molar-refractivity contribution in [2.45, 2.75) is 41.5 Å². The molecule has 0 amide bonds. The molecule has 0 aliphatic carbocycles. The van der Waals surface area contributed by atoms with E-state index in [0.29, 0.717) is 11.4 Å². The van der Waals surface area contributed by atoms with E-state index in [-0.39, 0.29) is 22.8 Å². The molecular weight excluding hydrogens is 436 g/mol. The van der Waals surface area contributed by atoms with Crippen molar-refractivity contribution in [2.24, 2.45) is 10.2 Å². The highest BCUT2D eigenvalue weighted by Crippen LogP contribution is 2.17. The van der Waals surface area contributed by atoms with E-state index in [2.05, 4.69) is 20.7 Å². The Balaban J connectivity index is 1.72. The van der Waals surface area contributed by atoms with E-state index in [9.17, 15) is 10.2 Å². The zero-order valence-electron chi connectivity index (χ0n) is 19.8. The maximum Gasteiger partial charge on any atom is 0.286 e. The third-order valence-corrected chi connectivity index (χ3v) is 5.73. The molecule has 0 unspecified atom stereocenters. The van der Waals surface area contributed by atoms with Gasteiger partial charge in [0.1, 0.15) is 11.4 Å². The Kier molecular flexibility index (Phi) is 5.97. The van der Waals surface area contributed by atoms with Crippen molar-refractivity contribution in [3.63, 3.8) is 0 Å². The zero-order chi connectivity index (χ0) is 24.6. The molecule has 0 N–H and O–H groups in total. The first kappa shape index (κ1) is 22.8. The molecule has 10 heteroatoms. The topological polar surface area (TPSA) is 131 Å². The molecule has 0 bridgehead atoms. The van der Waals surface area contributed by atoms with Crippen LogP contribution in [-0.4, -0.2) is 22.0 Å². The molecule has 0 fully saturated rings. The second-order valence-electron chi connectivity index (χ2n) is 8.15. The standard InChI is InChI=1S/C24H24N6O4/c1-13-7-9-19(11-15(13)3)29-21(23(31)33-27-29)17(5)25-26-18(6)22-24(32)34-28-30(22)20-10-8-14(2)16(4)12-20/h7-12H,1-6H3. The van der Waals surface area contributed by atoms with Crippen LogP contribution in [-0.2, 0) is 0 Å². The molecule has 4 rings (SSSR count). The van der Waals surface area contributed by atoms with Gasteiger partial charge in [0.2, 0.25) is 11.4 Å². The smallest absolute Gasteiger partial charge is 0.286 e. The lowest BCUT2D eigenvalue weighted by Crippen LogP contribution is -2.39. The molecule has 2 aromatic carbocycles. The van der Waals surface area contributed by atoms with Crippen molar-refractivity contribution in [3.05, 3.63) is 70.0 Å². The summed E-state index contributed by atoms with van der Waals surface area (Å²) in [5.74, 6) is -1.29. The average molecular weight is 460 g/mol. The first-order valence-corrected chi connectivity index (χ1v) is 10.6.